The number of rotatable bonds is 6. The third kappa shape index (κ3) is 4.49. The summed E-state index contributed by atoms with van der Waals surface area (Å²) < 4.78 is 1.91. The molecule has 7 heteroatoms. The maximum Gasteiger partial charge on any atom is 0.231 e. The van der Waals surface area contributed by atoms with Crippen molar-refractivity contribution in [2.24, 2.45) is 7.05 Å². The first kappa shape index (κ1) is 18.1. The van der Waals surface area contributed by atoms with Gasteiger partial charge < -0.3 is 9.88 Å². The van der Waals surface area contributed by atoms with E-state index in [4.69, 9.17) is 0 Å². The van der Waals surface area contributed by atoms with Crippen LogP contribution < -0.4 is 5.32 Å². The number of carbonyl (C=O) groups is 1. The predicted molar refractivity (Wildman–Crippen MR) is 102 cm³/mol. The van der Waals surface area contributed by atoms with Gasteiger partial charge >= 0.3 is 0 Å². The second-order valence-corrected chi connectivity index (χ2v) is 6.97. The Hall–Kier alpha value is -2.67. The lowest BCUT2D eigenvalue weighted by atomic mass is 10.1. The van der Waals surface area contributed by atoms with Crippen LogP contribution >= 0.6 is 11.8 Å². The van der Waals surface area contributed by atoms with E-state index in [0.717, 1.165) is 22.8 Å². The molecule has 0 aliphatic heterocycles. The number of nitrogens with one attached hydrogen (secondary N) is 1. The summed E-state index contributed by atoms with van der Waals surface area (Å²) in [6.07, 6.45) is 3.60. The molecule has 0 saturated carbocycles. The minimum Gasteiger partial charge on any atom is -0.341 e. The van der Waals surface area contributed by atoms with Crippen LogP contribution in [0.5, 0.6) is 0 Å². The van der Waals surface area contributed by atoms with Crippen molar-refractivity contribution in [2.75, 3.05) is 5.75 Å². The molecule has 1 amide bonds. The van der Waals surface area contributed by atoms with Crippen LogP contribution in [-0.2, 0) is 11.8 Å². The summed E-state index contributed by atoms with van der Waals surface area (Å²) in [7, 11) is 1.92. The summed E-state index contributed by atoms with van der Waals surface area (Å²) in [5, 5.41) is 3.69. The van der Waals surface area contributed by atoms with E-state index in [1.54, 1.807) is 6.20 Å². The van der Waals surface area contributed by atoms with Gasteiger partial charge in [0.2, 0.25) is 5.91 Å². The van der Waals surface area contributed by atoms with Crippen molar-refractivity contribution in [3.8, 4) is 0 Å². The van der Waals surface area contributed by atoms with Crippen LogP contribution in [0.4, 0.5) is 0 Å². The van der Waals surface area contributed by atoms with E-state index >= 15 is 0 Å². The number of aromatic nitrogens is 4. The fourth-order valence-electron chi connectivity index (χ4n) is 2.69. The lowest BCUT2D eigenvalue weighted by Gasteiger charge is -2.19. The molecule has 0 radical (unpaired) electrons. The lowest BCUT2D eigenvalue weighted by Crippen LogP contribution is -2.32. The molecule has 2 heterocycles. The predicted octanol–water partition coefficient (Wildman–Crippen LogP) is 2.82. The van der Waals surface area contributed by atoms with Crippen LogP contribution in [0.1, 0.15) is 28.8 Å². The highest BCUT2D eigenvalue weighted by molar-refractivity contribution is 7.99. The van der Waals surface area contributed by atoms with Gasteiger partial charge in [-0.15, -0.1) is 0 Å². The van der Waals surface area contributed by atoms with Crippen LogP contribution in [0.25, 0.3) is 0 Å². The maximum atomic E-state index is 12.6. The van der Waals surface area contributed by atoms with Crippen LogP contribution in [0, 0.1) is 13.8 Å². The van der Waals surface area contributed by atoms with Gasteiger partial charge in [0.1, 0.15) is 11.9 Å². The number of aryl methyl sites for hydroxylation is 3. The van der Waals surface area contributed by atoms with Gasteiger partial charge in [-0.3, -0.25) is 4.79 Å². The Morgan fingerprint density at radius 3 is 2.50 bits per heavy atom. The third-order valence-electron chi connectivity index (χ3n) is 3.85. The molecule has 0 aliphatic carbocycles. The van der Waals surface area contributed by atoms with E-state index in [2.05, 4.69) is 20.3 Å². The van der Waals surface area contributed by atoms with Gasteiger partial charge in [0.05, 0.1) is 5.75 Å². The molecule has 3 rings (SSSR count). The highest BCUT2D eigenvalue weighted by Gasteiger charge is 2.20. The number of thioether (sulfide) groups is 1. The smallest absolute Gasteiger partial charge is 0.231 e. The van der Waals surface area contributed by atoms with E-state index in [0.29, 0.717) is 5.16 Å². The van der Waals surface area contributed by atoms with Crippen LogP contribution in [-0.4, -0.2) is 31.2 Å². The number of nitrogens with zero attached hydrogens (tertiary/aromatic N) is 4. The minimum absolute atomic E-state index is 0.0883. The zero-order valence-electron chi connectivity index (χ0n) is 15.0. The van der Waals surface area contributed by atoms with Gasteiger partial charge in [0.25, 0.3) is 0 Å². The Morgan fingerprint density at radius 1 is 1.19 bits per heavy atom. The van der Waals surface area contributed by atoms with Crippen molar-refractivity contribution >= 4 is 17.7 Å². The zero-order valence-corrected chi connectivity index (χ0v) is 15.8. The molecule has 0 spiro atoms. The highest BCUT2D eigenvalue weighted by Crippen LogP contribution is 2.21. The standard InChI is InChI=1S/C19H21N5OS/c1-13-11-14(2)22-19(21-13)26-12-16(25)23-17(15-7-5-4-6-8-15)18-20-9-10-24(18)3/h4-11,17H,12H2,1-3H3,(H,23,25). The molecule has 1 aromatic carbocycles. The number of imidazole rings is 1. The van der Waals surface area contributed by atoms with Gasteiger partial charge in [-0.25, -0.2) is 15.0 Å². The molecule has 2 aromatic heterocycles. The molecule has 3 aromatic rings. The van der Waals surface area contributed by atoms with Gasteiger partial charge in [0.15, 0.2) is 5.16 Å². The lowest BCUT2D eigenvalue weighted by molar-refractivity contribution is -0.119. The van der Waals surface area contributed by atoms with Gasteiger partial charge in [-0.2, -0.15) is 0 Å². The fourth-order valence-corrected chi connectivity index (χ4v) is 3.45. The summed E-state index contributed by atoms with van der Waals surface area (Å²) >= 11 is 1.33. The number of hydrogen-bond acceptors (Lipinski definition) is 5. The summed E-state index contributed by atoms with van der Waals surface area (Å²) in [6.45, 7) is 3.84. The second kappa shape index (κ2) is 8.14. The van der Waals surface area contributed by atoms with Crippen molar-refractivity contribution in [1.82, 2.24) is 24.8 Å². The third-order valence-corrected chi connectivity index (χ3v) is 4.70. The molecule has 134 valence electrons. The number of benzene rings is 1. The van der Waals surface area contributed by atoms with E-state index in [1.165, 1.54) is 11.8 Å². The van der Waals surface area contributed by atoms with Crippen LogP contribution in [0.3, 0.4) is 0 Å². The Balaban J connectivity index is 1.72. The van der Waals surface area contributed by atoms with Crippen LogP contribution in [0.15, 0.2) is 53.9 Å². The zero-order chi connectivity index (χ0) is 18.5. The summed E-state index contributed by atoms with van der Waals surface area (Å²) in [5.74, 6) is 0.947. The number of amides is 1. The molecule has 0 aliphatic rings. The van der Waals surface area contributed by atoms with Gasteiger partial charge in [-0.1, -0.05) is 42.1 Å². The first-order chi connectivity index (χ1) is 12.5. The molecule has 6 nitrogen and oxygen atoms in total. The fraction of sp³-hybridized carbons (Fsp3) is 0.263. The normalized spacial score (nSPS) is 12.0. The summed E-state index contributed by atoms with van der Waals surface area (Å²) in [6, 6.07) is 11.4. The first-order valence-electron chi connectivity index (χ1n) is 8.29. The van der Waals surface area contributed by atoms with E-state index in [-0.39, 0.29) is 17.7 Å². The Labute approximate surface area is 157 Å². The summed E-state index contributed by atoms with van der Waals surface area (Å²) in [5.41, 5.74) is 2.79. The topological polar surface area (TPSA) is 72.7 Å². The van der Waals surface area contributed by atoms with Crippen molar-refractivity contribution in [1.29, 1.82) is 0 Å². The number of carbonyl (C=O) groups excluding carboxylic acids is 1. The average molecular weight is 367 g/mol. The summed E-state index contributed by atoms with van der Waals surface area (Å²) in [4.78, 5) is 25.7. The molecule has 26 heavy (non-hydrogen) atoms. The van der Waals surface area contributed by atoms with Crippen molar-refractivity contribution in [3.05, 3.63) is 71.6 Å². The van der Waals surface area contributed by atoms with Crippen molar-refractivity contribution in [2.45, 2.75) is 25.0 Å². The monoisotopic (exact) mass is 367 g/mol. The Bertz CT molecular complexity index is 874. The van der Waals surface area contributed by atoms with E-state index in [1.807, 2.05) is 68.1 Å². The molecule has 0 fully saturated rings. The Morgan fingerprint density at radius 2 is 1.88 bits per heavy atom. The molecule has 0 bridgehead atoms. The van der Waals surface area contributed by atoms with E-state index in [9.17, 15) is 4.79 Å². The maximum absolute atomic E-state index is 12.6. The van der Waals surface area contributed by atoms with Crippen LogP contribution in [0.2, 0.25) is 0 Å². The number of hydrogen-bond donors (Lipinski definition) is 1. The highest BCUT2D eigenvalue weighted by atomic mass is 32.2. The quantitative estimate of drug-likeness (QED) is 0.536. The Kier molecular flexibility index (Phi) is 5.68. The average Bonchev–Trinajstić information content (AvgIpc) is 3.03. The molecule has 0 saturated heterocycles. The van der Waals surface area contributed by atoms with E-state index < -0.39 is 0 Å². The molecule has 1 atom stereocenters. The SMILES string of the molecule is Cc1cc(C)nc(SCC(=O)NC(c2ccccc2)c2nccn2C)n1. The molecular formula is C19H21N5OS. The van der Waals surface area contributed by atoms with Gasteiger partial charge in [-0.05, 0) is 25.5 Å². The largest absolute Gasteiger partial charge is 0.341 e. The molecule has 1 unspecified atom stereocenters. The minimum atomic E-state index is -0.301. The van der Waals surface area contributed by atoms with Gasteiger partial charge in [0, 0.05) is 30.8 Å². The molecule has 1 N–H and O–H groups in total. The molecular weight excluding hydrogens is 346 g/mol. The first-order valence-corrected chi connectivity index (χ1v) is 9.28. The van der Waals surface area contributed by atoms with Crippen molar-refractivity contribution < 1.29 is 4.79 Å². The second-order valence-electron chi connectivity index (χ2n) is 6.03. The van der Waals surface area contributed by atoms with Crippen molar-refractivity contribution in [3.63, 3.8) is 0 Å².